The molecule has 140 valence electrons. The van der Waals surface area contributed by atoms with Gasteiger partial charge >= 0.3 is 5.97 Å². The predicted octanol–water partition coefficient (Wildman–Crippen LogP) is 2.81. The summed E-state index contributed by atoms with van der Waals surface area (Å²) in [5.41, 5.74) is 2.68. The highest BCUT2D eigenvalue weighted by molar-refractivity contribution is 7.99. The monoisotopic (exact) mass is 384 g/mol. The highest BCUT2D eigenvalue weighted by Crippen LogP contribution is 2.41. The van der Waals surface area contributed by atoms with E-state index in [0.29, 0.717) is 23.4 Å². The van der Waals surface area contributed by atoms with Gasteiger partial charge in [-0.3, -0.25) is 9.59 Å². The minimum absolute atomic E-state index is 0.138. The van der Waals surface area contributed by atoms with E-state index in [9.17, 15) is 9.59 Å². The fraction of sp³-hybridized carbons (Fsp3) is 0.368. The molecule has 0 saturated carbocycles. The van der Waals surface area contributed by atoms with Crippen LogP contribution in [0.3, 0.4) is 0 Å². The molecule has 0 fully saturated rings. The van der Waals surface area contributed by atoms with E-state index in [-0.39, 0.29) is 23.5 Å². The molecule has 1 aliphatic carbocycles. The topological polar surface area (TPSA) is 86.1 Å². The summed E-state index contributed by atoms with van der Waals surface area (Å²) in [6, 6.07) is 9.55. The van der Waals surface area contributed by atoms with Crippen molar-refractivity contribution in [1.82, 2.24) is 14.8 Å². The lowest BCUT2D eigenvalue weighted by Crippen LogP contribution is -2.33. The molecule has 2 heterocycles. The van der Waals surface area contributed by atoms with Crippen molar-refractivity contribution in [2.75, 3.05) is 18.2 Å². The zero-order chi connectivity index (χ0) is 19.0. The molecule has 27 heavy (non-hydrogen) atoms. The Balaban J connectivity index is 1.75. The molecule has 8 heteroatoms. The van der Waals surface area contributed by atoms with Crippen molar-refractivity contribution in [1.29, 1.82) is 0 Å². The van der Waals surface area contributed by atoms with Crippen molar-refractivity contribution in [3.05, 3.63) is 47.2 Å². The van der Waals surface area contributed by atoms with Gasteiger partial charge in [-0.15, -0.1) is 5.10 Å². The molecule has 2 atom stereocenters. The number of benzene rings is 1. The predicted molar refractivity (Wildman–Crippen MR) is 101 cm³/mol. The molecule has 1 aromatic heterocycles. The van der Waals surface area contributed by atoms with Gasteiger partial charge in [-0.25, -0.2) is 4.68 Å². The van der Waals surface area contributed by atoms with E-state index in [1.165, 1.54) is 18.9 Å². The van der Waals surface area contributed by atoms with Gasteiger partial charge in [0, 0.05) is 17.7 Å². The molecule has 2 aromatic rings. The number of carbonyl (C=O) groups excluding carboxylic acids is 2. The maximum Gasteiger partial charge on any atom is 0.316 e. The first-order chi connectivity index (χ1) is 13.1. The molecule has 1 N–H and O–H groups in total. The second-order valence-electron chi connectivity index (χ2n) is 6.79. The fourth-order valence-electron chi connectivity index (χ4n) is 3.57. The lowest BCUT2D eigenvalue weighted by atomic mass is 9.81. The summed E-state index contributed by atoms with van der Waals surface area (Å²) in [5.74, 6) is 0.843. The van der Waals surface area contributed by atoms with Crippen LogP contribution in [0.1, 0.15) is 31.4 Å². The molecule has 1 aliphatic heterocycles. The molecule has 7 nitrogen and oxygen atoms in total. The summed E-state index contributed by atoms with van der Waals surface area (Å²) in [4.78, 5) is 28.8. The fourth-order valence-corrected chi connectivity index (χ4v) is 4.24. The van der Waals surface area contributed by atoms with Gasteiger partial charge < -0.3 is 10.1 Å². The van der Waals surface area contributed by atoms with E-state index in [2.05, 4.69) is 27.1 Å². The van der Waals surface area contributed by atoms with Gasteiger partial charge in [-0.2, -0.15) is 4.98 Å². The molecule has 0 radical (unpaired) electrons. The smallest absolute Gasteiger partial charge is 0.316 e. The van der Waals surface area contributed by atoms with Crippen LogP contribution in [-0.4, -0.2) is 39.4 Å². The number of aromatic nitrogens is 3. The number of Topliss-reactive ketones (excluding diaryl/α,β-unsaturated/α-hetero) is 1. The quantitative estimate of drug-likeness (QED) is 0.641. The summed E-state index contributed by atoms with van der Waals surface area (Å²) in [5, 5.41) is 8.35. The van der Waals surface area contributed by atoms with Gasteiger partial charge in [0.15, 0.2) is 5.78 Å². The standard InChI is InChI=1S/C19H20N4O3S/c1-11-8-13-16(14(24)9-11)17(12-6-4-3-5-7-12)23-18(20-13)21-19(22-23)27-10-15(25)26-2/h3-7,11,17H,8-10H2,1-2H3,(H,20,21,22)/t11-,17-/m1/s1. The molecule has 0 saturated heterocycles. The third-order valence-corrected chi connectivity index (χ3v) is 5.58. The summed E-state index contributed by atoms with van der Waals surface area (Å²) in [6.45, 7) is 2.08. The van der Waals surface area contributed by atoms with Crippen molar-refractivity contribution in [2.24, 2.45) is 5.92 Å². The number of esters is 1. The number of anilines is 1. The first-order valence-corrected chi connectivity index (χ1v) is 9.79. The van der Waals surface area contributed by atoms with E-state index < -0.39 is 0 Å². The number of carbonyl (C=O) groups is 2. The van der Waals surface area contributed by atoms with E-state index in [4.69, 9.17) is 0 Å². The first-order valence-electron chi connectivity index (χ1n) is 8.81. The van der Waals surface area contributed by atoms with Crippen LogP contribution in [0.15, 0.2) is 46.8 Å². The number of nitrogens with one attached hydrogen (secondary N) is 1. The maximum atomic E-state index is 12.9. The van der Waals surface area contributed by atoms with Crippen molar-refractivity contribution < 1.29 is 14.3 Å². The number of ether oxygens (including phenoxy) is 1. The van der Waals surface area contributed by atoms with E-state index in [1.807, 2.05) is 30.3 Å². The third-order valence-electron chi connectivity index (χ3n) is 4.77. The SMILES string of the molecule is COC(=O)CSc1nc2n(n1)[C@H](c1ccccc1)C1=C(C[C@@H](C)CC1=O)N2. The third kappa shape index (κ3) is 3.37. The number of hydrogen-bond donors (Lipinski definition) is 1. The van der Waals surface area contributed by atoms with E-state index >= 15 is 0 Å². The van der Waals surface area contributed by atoms with Crippen molar-refractivity contribution in [2.45, 2.75) is 31.0 Å². The Bertz CT molecular complexity index is 922. The van der Waals surface area contributed by atoms with Crippen LogP contribution in [0, 0.1) is 5.92 Å². The summed E-state index contributed by atoms with van der Waals surface area (Å²) in [7, 11) is 1.35. The summed E-state index contributed by atoms with van der Waals surface area (Å²) < 4.78 is 6.43. The number of nitrogens with zero attached hydrogens (tertiary/aromatic N) is 3. The largest absolute Gasteiger partial charge is 0.468 e. The maximum absolute atomic E-state index is 12.9. The number of allylic oxidation sites excluding steroid dienone is 2. The molecule has 4 rings (SSSR count). The zero-order valence-electron chi connectivity index (χ0n) is 15.1. The van der Waals surface area contributed by atoms with Crippen LogP contribution in [0.2, 0.25) is 0 Å². The van der Waals surface area contributed by atoms with Gasteiger partial charge in [-0.05, 0) is 17.9 Å². The highest BCUT2D eigenvalue weighted by atomic mass is 32.2. The van der Waals surface area contributed by atoms with Gasteiger partial charge in [0.25, 0.3) is 0 Å². The Labute approximate surface area is 161 Å². The molecule has 1 aromatic carbocycles. The number of methoxy groups -OCH3 is 1. The Morgan fingerprint density at radius 3 is 2.85 bits per heavy atom. The first kappa shape index (κ1) is 17.8. The van der Waals surface area contributed by atoms with Gasteiger partial charge in [-0.1, -0.05) is 49.0 Å². The Kier molecular flexibility index (Phi) is 4.73. The van der Waals surface area contributed by atoms with Crippen LogP contribution in [0.25, 0.3) is 0 Å². The van der Waals surface area contributed by atoms with E-state index in [0.717, 1.165) is 23.3 Å². The van der Waals surface area contributed by atoms with Crippen LogP contribution in [0.5, 0.6) is 0 Å². The second-order valence-corrected chi connectivity index (χ2v) is 7.74. The Morgan fingerprint density at radius 1 is 1.33 bits per heavy atom. The molecule has 0 bridgehead atoms. The molecule has 2 aliphatic rings. The number of ketones is 1. The Hall–Kier alpha value is -2.61. The van der Waals surface area contributed by atoms with Crippen LogP contribution < -0.4 is 5.32 Å². The number of hydrogen-bond acceptors (Lipinski definition) is 7. The van der Waals surface area contributed by atoms with E-state index in [1.54, 1.807) is 4.68 Å². The Morgan fingerprint density at radius 2 is 2.11 bits per heavy atom. The molecule has 0 spiro atoms. The minimum atomic E-state index is -0.332. The normalized spacial score (nSPS) is 21.3. The highest BCUT2D eigenvalue weighted by Gasteiger charge is 2.38. The number of rotatable bonds is 4. The lowest BCUT2D eigenvalue weighted by molar-refractivity contribution is -0.137. The van der Waals surface area contributed by atoms with Crippen LogP contribution >= 0.6 is 11.8 Å². The average Bonchev–Trinajstić information content (AvgIpc) is 3.07. The zero-order valence-corrected chi connectivity index (χ0v) is 16.0. The van der Waals surface area contributed by atoms with Crippen molar-refractivity contribution >= 4 is 29.5 Å². The average molecular weight is 384 g/mol. The van der Waals surface area contributed by atoms with Gasteiger partial charge in [0.05, 0.1) is 12.9 Å². The van der Waals surface area contributed by atoms with Crippen molar-refractivity contribution in [3.63, 3.8) is 0 Å². The second kappa shape index (κ2) is 7.19. The number of thioether (sulfide) groups is 1. The number of fused-ring (bicyclic) bond motifs is 1. The summed E-state index contributed by atoms with van der Waals surface area (Å²) in [6.07, 6.45) is 1.35. The van der Waals surface area contributed by atoms with Gasteiger partial charge in [0.1, 0.15) is 6.04 Å². The van der Waals surface area contributed by atoms with Crippen LogP contribution in [0.4, 0.5) is 5.95 Å². The van der Waals surface area contributed by atoms with Gasteiger partial charge in [0.2, 0.25) is 11.1 Å². The molecule has 0 amide bonds. The molecular formula is C19H20N4O3S. The van der Waals surface area contributed by atoms with Crippen LogP contribution in [-0.2, 0) is 14.3 Å². The van der Waals surface area contributed by atoms with Crippen molar-refractivity contribution in [3.8, 4) is 0 Å². The molecule has 0 unspecified atom stereocenters. The minimum Gasteiger partial charge on any atom is -0.468 e. The summed E-state index contributed by atoms with van der Waals surface area (Å²) >= 11 is 1.22. The molecular weight excluding hydrogens is 364 g/mol. The lowest BCUT2D eigenvalue weighted by Gasteiger charge is -2.34.